The van der Waals surface area contributed by atoms with Crippen LogP contribution in [0.15, 0.2) is 11.1 Å². The number of unbranched alkanes of at least 4 members (excludes halogenated alkanes) is 1. The lowest BCUT2D eigenvalue weighted by atomic mass is 9.71. The summed E-state index contributed by atoms with van der Waals surface area (Å²) in [6.07, 6.45) is 8.92. The number of hydrogen-bond acceptors (Lipinski definition) is 0. The van der Waals surface area contributed by atoms with Crippen molar-refractivity contribution in [3.8, 4) is 0 Å². The molecule has 0 bridgehead atoms. The Morgan fingerprint density at radius 3 is 2.62 bits per heavy atom. The normalized spacial score (nSPS) is 22.2. The first-order chi connectivity index (χ1) is 6.08. The molecular weight excluding hydrogens is 156 g/mol. The van der Waals surface area contributed by atoms with E-state index in [0.29, 0.717) is 5.41 Å². The van der Waals surface area contributed by atoms with Gasteiger partial charge in [-0.15, -0.1) is 0 Å². The highest BCUT2D eigenvalue weighted by Gasteiger charge is 2.27. The second kappa shape index (κ2) is 4.30. The number of allylic oxidation sites excluding steroid dienone is 2. The van der Waals surface area contributed by atoms with Crippen LogP contribution in [0.25, 0.3) is 0 Å². The average molecular weight is 179 g/mol. The molecule has 75 valence electrons. The van der Waals surface area contributed by atoms with Gasteiger partial charge in [-0.25, -0.2) is 0 Å². The van der Waals surface area contributed by atoms with Crippen LogP contribution in [0.3, 0.4) is 0 Å². The second-order valence-corrected chi connectivity index (χ2v) is 4.94. The minimum absolute atomic E-state index is 0.478. The molecule has 0 heterocycles. The highest BCUT2D eigenvalue weighted by molar-refractivity contribution is 5.22. The van der Waals surface area contributed by atoms with Crippen LogP contribution in [0.5, 0.6) is 0 Å². The summed E-state index contributed by atoms with van der Waals surface area (Å²) in [7, 11) is 0. The van der Waals surface area contributed by atoms with E-state index >= 15 is 0 Å². The maximum atomic E-state index is 2.40. The molecule has 0 aromatic heterocycles. The zero-order chi connectivity index (χ0) is 9.90. The summed E-state index contributed by atoms with van der Waals surface area (Å²) in [6, 6.07) is 0. The summed E-state index contributed by atoms with van der Waals surface area (Å²) in [5.74, 6) is 0. The molecule has 0 nitrogen and oxygen atoms in total. The van der Waals surface area contributed by atoms with Gasteiger partial charge in [0.25, 0.3) is 0 Å². The van der Waals surface area contributed by atoms with E-state index < -0.39 is 0 Å². The molecule has 0 aromatic rings. The Labute approximate surface area is 83.4 Å². The van der Waals surface area contributed by atoms with Gasteiger partial charge in [-0.1, -0.05) is 31.9 Å². The summed E-state index contributed by atoms with van der Waals surface area (Å²) in [5, 5.41) is 0. The molecule has 0 atom stereocenters. The van der Waals surface area contributed by atoms with Crippen molar-refractivity contribution in [1.82, 2.24) is 0 Å². The fraction of sp³-hybridized carbons (Fsp3) is 0.769. The SMILES string of the molecule is C[CH]CCC1=C(C)CCCC1(C)C. The minimum Gasteiger partial charge on any atom is -0.0736 e. The predicted molar refractivity (Wildman–Crippen MR) is 59.5 cm³/mol. The zero-order valence-electron chi connectivity index (χ0n) is 9.61. The van der Waals surface area contributed by atoms with Crippen LogP contribution in [0.4, 0.5) is 0 Å². The van der Waals surface area contributed by atoms with Crippen molar-refractivity contribution >= 4 is 0 Å². The molecule has 1 aliphatic carbocycles. The third-order valence-corrected chi connectivity index (χ3v) is 3.37. The second-order valence-electron chi connectivity index (χ2n) is 4.94. The number of rotatable bonds is 3. The molecule has 0 aliphatic heterocycles. The third-order valence-electron chi connectivity index (χ3n) is 3.37. The van der Waals surface area contributed by atoms with E-state index in [1.54, 1.807) is 11.1 Å². The van der Waals surface area contributed by atoms with Crippen molar-refractivity contribution in [2.45, 2.75) is 59.8 Å². The predicted octanol–water partition coefficient (Wildman–Crippen LogP) is 4.52. The molecule has 0 unspecified atom stereocenters. The van der Waals surface area contributed by atoms with Crippen LogP contribution in [-0.4, -0.2) is 0 Å². The standard InChI is InChI=1S/C13H23/c1-5-6-9-12-11(2)8-7-10-13(12,3)4/h5H,6-10H2,1-4H3. The van der Waals surface area contributed by atoms with Crippen LogP contribution >= 0.6 is 0 Å². The molecule has 13 heavy (non-hydrogen) atoms. The zero-order valence-corrected chi connectivity index (χ0v) is 9.61. The minimum atomic E-state index is 0.478. The van der Waals surface area contributed by atoms with E-state index in [0.717, 1.165) is 0 Å². The van der Waals surface area contributed by atoms with Crippen LogP contribution in [-0.2, 0) is 0 Å². The van der Waals surface area contributed by atoms with Gasteiger partial charge in [0.2, 0.25) is 0 Å². The van der Waals surface area contributed by atoms with Crippen molar-refractivity contribution in [3.63, 3.8) is 0 Å². The smallest absolute Gasteiger partial charge is 0.0142 e. The van der Waals surface area contributed by atoms with Gasteiger partial charge in [0.15, 0.2) is 0 Å². The van der Waals surface area contributed by atoms with Crippen LogP contribution in [0.1, 0.15) is 59.8 Å². The molecule has 0 saturated heterocycles. The summed E-state index contributed by atoms with van der Waals surface area (Å²) in [6.45, 7) is 9.29. The van der Waals surface area contributed by atoms with Crippen molar-refractivity contribution in [1.29, 1.82) is 0 Å². The van der Waals surface area contributed by atoms with Gasteiger partial charge in [0.05, 0.1) is 0 Å². The summed E-state index contributed by atoms with van der Waals surface area (Å²) < 4.78 is 0. The van der Waals surface area contributed by atoms with E-state index in [9.17, 15) is 0 Å². The molecule has 0 N–H and O–H groups in total. The maximum Gasteiger partial charge on any atom is -0.0142 e. The van der Waals surface area contributed by atoms with Crippen molar-refractivity contribution in [3.05, 3.63) is 17.6 Å². The lowest BCUT2D eigenvalue weighted by Crippen LogP contribution is -2.20. The third kappa shape index (κ3) is 2.59. The van der Waals surface area contributed by atoms with E-state index in [1.165, 1.54) is 32.1 Å². The first kappa shape index (κ1) is 10.8. The van der Waals surface area contributed by atoms with E-state index in [1.807, 2.05) is 0 Å². The molecule has 0 aromatic carbocycles. The molecule has 1 rings (SSSR count). The van der Waals surface area contributed by atoms with Crippen LogP contribution in [0, 0.1) is 11.8 Å². The van der Waals surface area contributed by atoms with Crippen molar-refractivity contribution in [2.24, 2.45) is 5.41 Å². The largest absolute Gasteiger partial charge is 0.0736 e. The lowest BCUT2D eigenvalue weighted by molar-refractivity contribution is 0.354. The van der Waals surface area contributed by atoms with Crippen LogP contribution in [0.2, 0.25) is 0 Å². The lowest BCUT2D eigenvalue weighted by Gasteiger charge is -2.34. The molecule has 0 amide bonds. The van der Waals surface area contributed by atoms with Gasteiger partial charge in [-0.05, 0) is 50.9 Å². The van der Waals surface area contributed by atoms with Gasteiger partial charge in [-0.2, -0.15) is 0 Å². The number of hydrogen-bond donors (Lipinski definition) is 0. The molecule has 1 radical (unpaired) electrons. The highest BCUT2D eigenvalue weighted by atomic mass is 14.3. The summed E-state index contributed by atoms with van der Waals surface area (Å²) in [5.41, 5.74) is 3.88. The molecule has 0 spiro atoms. The van der Waals surface area contributed by atoms with Crippen molar-refractivity contribution in [2.75, 3.05) is 0 Å². The topological polar surface area (TPSA) is 0 Å². The van der Waals surface area contributed by atoms with Gasteiger partial charge < -0.3 is 0 Å². The van der Waals surface area contributed by atoms with Gasteiger partial charge in [-0.3, -0.25) is 0 Å². The Hall–Kier alpha value is -0.260. The Bertz CT molecular complexity index is 196. The monoisotopic (exact) mass is 179 g/mol. The fourth-order valence-electron chi connectivity index (χ4n) is 2.52. The first-order valence-electron chi connectivity index (χ1n) is 5.55. The van der Waals surface area contributed by atoms with E-state index in [-0.39, 0.29) is 0 Å². The highest BCUT2D eigenvalue weighted by Crippen LogP contribution is 2.42. The molecule has 0 fully saturated rings. The summed E-state index contributed by atoms with van der Waals surface area (Å²) >= 11 is 0. The Morgan fingerprint density at radius 1 is 1.38 bits per heavy atom. The van der Waals surface area contributed by atoms with E-state index in [2.05, 4.69) is 34.1 Å². The Morgan fingerprint density at radius 2 is 2.08 bits per heavy atom. The first-order valence-corrected chi connectivity index (χ1v) is 5.55. The van der Waals surface area contributed by atoms with Gasteiger partial charge in [0.1, 0.15) is 0 Å². The van der Waals surface area contributed by atoms with E-state index in [4.69, 9.17) is 0 Å². The molecule has 1 aliphatic rings. The Balaban J connectivity index is 2.73. The fourth-order valence-corrected chi connectivity index (χ4v) is 2.52. The molecular formula is C13H23. The molecule has 0 saturated carbocycles. The van der Waals surface area contributed by atoms with Gasteiger partial charge >= 0.3 is 0 Å². The van der Waals surface area contributed by atoms with Crippen LogP contribution < -0.4 is 0 Å². The maximum absolute atomic E-state index is 2.40. The van der Waals surface area contributed by atoms with Gasteiger partial charge in [0, 0.05) is 0 Å². The quantitative estimate of drug-likeness (QED) is 0.559. The van der Waals surface area contributed by atoms with Crippen molar-refractivity contribution < 1.29 is 0 Å². The molecule has 0 heteroatoms. The Kier molecular flexibility index (Phi) is 3.58. The summed E-state index contributed by atoms with van der Waals surface area (Å²) in [4.78, 5) is 0. The average Bonchev–Trinajstić information content (AvgIpc) is 2.02.